The van der Waals surface area contributed by atoms with Crippen LogP contribution in [0.2, 0.25) is 0 Å². The van der Waals surface area contributed by atoms with Gasteiger partial charge < -0.3 is 4.74 Å². The highest BCUT2D eigenvalue weighted by molar-refractivity contribution is 7.89. The molecule has 0 fully saturated rings. The van der Waals surface area contributed by atoms with Gasteiger partial charge in [-0.3, -0.25) is 0 Å². The van der Waals surface area contributed by atoms with Crippen LogP contribution in [0.4, 0.5) is 13.2 Å². The van der Waals surface area contributed by atoms with Crippen molar-refractivity contribution < 1.29 is 26.3 Å². The van der Waals surface area contributed by atoms with Crippen molar-refractivity contribution >= 4 is 21.4 Å². The average Bonchev–Trinajstić information content (AvgIpc) is 2.62. The molecular weight excluding hydrogens is 315 g/mol. The number of hydrogen-bond acceptors (Lipinski definition) is 4. The Morgan fingerprint density at radius 2 is 2.00 bits per heavy atom. The van der Waals surface area contributed by atoms with Gasteiger partial charge in [-0.1, -0.05) is 0 Å². The maximum atomic E-state index is 11.9. The molecule has 4 nitrogen and oxygen atoms in total. The van der Waals surface area contributed by atoms with E-state index in [4.69, 9.17) is 0 Å². The van der Waals surface area contributed by atoms with E-state index in [1.54, 1.807) is 13.0 Å². The second kappa shape index (κ2) is 6.88. The van der Waals surface area contributed by atoms with E-state index in [9.17, 15) is 21.6 Å². The highest BCUT2D eigenvalue weighted by atomic mass is 32.2. The monoisotopic (exact) mass is 331 g/mol. The Labute approximate surface area is 120 Å². The quantitative estimate of drug-likeness (QED) is 0.782. The lowest BCUT2D eigenvalue weighted by molar-refractivity contribution is -0.173. The predicted octanol–water partition coefficient (Wildman–Crippen LogP) is 2.61. The summed E-state index contributed by atoms with van der Waals surface area (Å²) in [6.45, 7) is 2.08. The minimum absolute atomic E-state index is 0.0362. The van der Waals surface area contributed by atoms with Crippen molar-refractivity contribution in [2.24, 2.45) is 0 Å². The Morgan fingerprint density at radius 3 is 2.50 bits per heavy atom. The normalized spacial score (nSPS) is 12.8. The number of hydrogen-bond donors (Lipinski definition) is 1. The fraction of sp³-hybridized carbons (Fsp3) is 0.636. The first-order chi connectivity index (χ1) is 9.12. The molecule has 0 saturated heterocycles. The number of rotatable bonds is 7. The smallest absolute Gasteiger partial charge is 0.372 e. The van der Waals surface area contributed by atoms with E-state index < -0.39 is 22.8 Å². The molecule has 0 amide bonds. The summed E-state index contributed by atoms with van der Waals surface area (Å²) in [5, 5.41) is 0. The number of aryl methyl sites for hydroxylation is 2. The van der Waals surface area contributed by atoms with Crippen LogP contribution in [0, 0.1) is 13.8 Å². The first kappa shape index (κ1) is 17.4. The molecule has 0 spiro atoms. The number of thiophene rings is 1. The summed E-state index contributed by atoms with van der Waals surface area (Å²) in [7, 11) is -3.60. The van der Waals surface area contributed by atoms with Gasteiger partial charge in [-0.25, -0.2) is 13.1 Å². The molecule has 20 heavy (non-hydrogen) atoms. The van der Waals surface area contributed by atoms with Crippen molar-refractivity contribution in [1.82, 2.24) is 4.72 Å². The molecule has 1 rings (SSSR count). The fourth-order valence-electron chi connectivity index (χ4n) is 1.52. The zero-order chi connectivity index (χ0) is 15.4. The van der Waals surface area contributed by atoms with Crippen molar-refractivity contribution in [1.29, 1.82) is 0 Å². The van der Waals surface area contributed by atoms with E-state index in [0.29, 0.717) is 4.88 Å². The molecule has 0 aliphatic rings. The standard InChI is InChI=1S/C11H16F3NO3S2/c1-8-6-10(9(2)19-8)20(16,17)15-4-3-5-18-7-11(12,13)14/h6,15H,3-5,7H2,1-2H3. The number of halogens is 3. The van der Waals surface area contributed by atoms with Crippen LogP contribution < -0.4 is 4.72 Å². The highest BCUT2D eigenvalue weighted by Gasteiger charge is 2.27. The third-order valence-corrected chi connectivity index (χ3v) is 4.99. The van der Waals surface area contributed by atoms with Crippen LogP contribution in [0.1, 0.15) is 16.2 Å². The lowest BCUT2D eigenvalue weighted by Crippen LogP contribution is -2.26. The van der Waals surface area contributed by atoms with E-state index in [1.165, 1.54) is 11.3 Å². The van der Waals surface area contributed by atoms with Crippen LogP contribution >= 0.6 is 11.3 Å². The minimum Gasteiger partial charge on any atom is -0.372 e. The zero-order valence-electron chi connectivity index (χ0n) is 11.1. The van der Waals surface area contributed by atoms with Crippen molar-refractivity contribution in [3.8, 4) is 0 Å². The van der Waals surface area contributed by atoms with Gasteiger partial charge in [-0.05, 0) is 26.3 Å². The van der Waals surface area contributed by atoms with Gasteiger partial charge in [0, 0.05) is 22.9 Å². The van der Waals surface area contributed by atoms with Gasteiger partial charge in [0.1, 0.15) is 6.61 Å². The molecule has 0 bridgehead atoms. The molecule has 1 aromatic heterocycles. The van der Waals surface area contributed by atoms with E-state index in [-0.39, 0.29) is 24.5 Å². The second-order valence-electron chi connectivity index (χ2n) is 4.20. The summed E-state index contributed by atoms with van der Waals surface area (Å²) in [6.07, 6.45) is -4.18. The first-order valence-corrected chi connectivity index (χ1v) is 8.13. The maximum absolute atomic E-state index is 11.9. The molecule has 0 aliphatic heterocycles. The molecular formula is C11H16F3NO3S2. The molecule has 0 atom stereocenters. The summed E-state index contributed by atoms with van der Waals surface area (Å²) < 4.78 is 66.0. The van der Waals surface area contributed by atoms with E-state index in [0.717, 1.165) is 4.88 Å². The Kier molecular flexibility index (Phi) is 5.99. The van der Waals surface area contributed by atoms with Gasteiger partial charge in [-0.2, -0.15) is 13.2 Å². The molecule has 0 saturated carbocycles. The Bertz CT molecular complexity index is 538. The van der Waals surface area contributed by atoms with E-state index >= 15 is 0 Å². The van der Waals surface area contributed by atoms with Crippen LogP contribution in [0.25, 0.3) is 0 Å². The Hall–Kier alpha value is -0.640. The van der Waals surface area contributed by atoms with Crippen molar-refractivity contribution in [3.63, 3.8) is 0 Å². The fourth-order valence-corrected chi connectivity index (χ4v) is 4.15. The Morgan fingerprint density at radius 1 is 1.35 bits per heavy atom. The van der Waals surface area contributed by atoms with Crippen LogP contribution in [0.5, 0.6) is 0 Å². The molecule has 0 unspecified atom stereocenters. The summed E-state index contributed by atoms with van der Waals surface area (Å²) in [5.74, 6) is 0. The van der Waals surface area contributed by atoms with Crippen LogP contribution in [0.15, 0.2) is 11.0 Å². The summed E-state index contributed by atoms with van der Waals surface area (Å²) in [5.41, 5.74) is 0. The number of sulfonamides is 1. The number of ether oxygens (including phenoxy) is 1. The molecule has 0 radical (unpaired) electrons. The summed E-state index contributed by atoms with van der Waals surface area (Å²) in [4.78, 5) is 1.79. The first-order valence-electron chi connectivity index (χ1n) is 5.83. The molecule has 0 aromatic carbocycles. The second-order valence-corrected chi connectivity index (χ2v) is 7.39. The predicted molar refractivity (Wildman–Crippen MR) is 70.5 cm³/mol. The molecule has 116 valence electrons. The van der Waals surface area contributed by atoms with E-state index in [2.05, 4.69) is 9.46 Å². The molecule has 1 heterocycles. The van der Waals surface area contributed by atoms with Crippen molar-refractivity contribution in [2.75, 3.05) is 19.8 Å². The average molecular weight is 331 g/mol. The highest BCUT2D eigenvalue weighted by Crippen LogP contribution is 2.24. The number of alkyl halides is 3. The van der Waals surface area contributed by atoms with Gasteiger partial charge in [0.15, 0.2) is 0 Å². The van der Waals surface area contributed by atoms with Crippen LogP contribution in [0.3, 0.4) is 0 Å². The van der Waals surface area contributed by atoms with Crippen molar-refractivity contribution in [2.45, 2.75) is 31.3 Å². The Balaban J connectivity index is 2.36. The SMILES string of the molecule is Cc1cc(S(=O)(=O)NCCCOCC(F)(F)F)c(C)s1. The molecule has 0 aliphatic carbocycles. The summed E-state index contributed by atoms with van der Waals surface area (Å²) >= 11 is 1.38. The van der Waals surface area contributed by atoms with Gasteiger partial charge in [0.2, 0.25) is 10.0 Å². The minimum atomic E-state index is -4.36. The van der Waals surface area contributed by atoms with Gasteiger partial charge >= 0.3 is 6.18 Å². The molecule has 1 N–H and O–H groups in total. The van der Waals surface area contributed by atoms with Crippen molar-refractivity contribution in [3.05, 3.63) is 15.8 Å². The topological polar surface area (TPSA) is 55.4 Å². The zero-order valence-corrected chi connectivity index (χ0v) is 12.7. The van der Waals surface area contributed by atoms with Crippen LogP contribution in [-0.4, -0.2) is 34.4 Å². The summed E-state index contributed by atoms with van der Waals surface area (Å²) in [6, 6.07) is 1.57. The lowest BCUT2D eigenvalue weighted by atomic mass is 10.4. The van der Waals surface area contributed by atoms with Gasteiger partial charge in [-0.15, -0.1) is 11.3 Å². The van der Waals surface area contributed by atoms with Gasteiger partial charge in [0.05, 0.1) is 4.90 Å². The molecule has 1 aromatic rings. The maximum Gasteiger partial charge on any atom is 0.411 e. The number of nitrogens with one attached hydrogen (secondary N) is 1. The molecule has 9 heteroatoms. The third kappa shape index (κ3) is 5.78. The van der Waals surface area contributed by atoms with Gasteiger partial charge in [0.25, 0.3) is 0 Å². The third-order valence-electron chi connectivity index (χ3n) is 2.31. The van der Waals surface area contributed by atoms with Crippen LogP contribution in [-0.2, 0) is 14.8 Å². The van der Waals surface area contributed by atoms with E-state index in [1.807, 2.05) is 6.92 Å². The largest absolute Gasteiger partial charge is 0.411 e. The lowest BCUT2D eigenvalue weighted by Gasteiger charge is -2.08.